The third-order valence-corrected chi connectivity index (χ3v) is 4.59. The lowest BCUT2D eigenvalue weighted by Gasteiger charge is -2.37. The number of rotatable bonds is 6. The molecule has 0 saturated heterocycles. The van der Waals surface area contributed by atoms with Crippen molar-refractivity contribution in [3.8, 4) is 0 Å². The third kappa shape index (κ3) is 2.59. The van der Waals surface area contributed by atoms with E-state index < -0.39 is 0 Å². The standard InChI is InChI=1S/C12H20ClNOS/c1-5-12(6-2,15-4)11(14-3)9-7-8-10(13)16-9/h7-8,11,14H,5-6H2,1-4H3. The number of likely N-dealkylation sites (N-methyl/N-ethyl adjacent to an activating group) is 1. The molecule has 1 heterocycles. The number of thiophene rings is 1. The van der Waals surface area contributed by atoms with Crippen molar-refractivity contribution in [1.29, 1.82) is 0 Å². The van der Waals surface area contributed by atoms with Crippen LogP contribution in [-0.4, -0.2) is 19.8 Å². The molecule has 0 saturated carbocycles. The van der Waals surface area contributed by atoms with Gasteiger partial charge in [0.1, 0.15) is 0 Å². The maximum absolute atomic E-state index is 5.99. The summed E-state index contributed by atoms with van der Waals surface area (Å²) in [4.78, 5) is 1.23. The van der Waals surface area contributed by atoms with Crippen LogP contribution < -0.4 is 5.32 Å². The zero-order valence-electron chi connectivity index (χ0n) is 10.3. The third-order valence-electron chi connectivity index (χ3n) is 3.30. The average molecular weight is 262 g/mol. The Morgan fingerprint density at radius 2 is 2.06 bits per heavy atom. The van der Waals surface area contributed by atoms with Crippen LogP contribution in [0.2, 0.25) is 4.34 Å². The first-order chi connectivity index (χ1) is 7.63. The Labute approximate surface area is 107 Å². The summed E-state index contributed by atoms with van der Waals surface area (Å²) in [5.74, 6) is 0. The summed E-state index contributed by atoms with van der Waals surface area (Å²) in [6, 6.07) is 4.22. The molecule has 0 aliphatic rings. The predicted molar refractivity (Wildman–Crippen MR) is 71.5 cm³/mol. The molecule has 0 aliphatic heterocycles. The van der Waals surface area contributed by atoms with E-state index in [2.05, 4.69) is 25.2 Å². The van der Waals surface area contributed by atoms with Crippen LogP contribution in [0.3, 0.4) is 0 Å². The van der Waals surface area contributed by atoms with Crippen molar-refractivity contribution in [2.45, 2.75) is 38.3 Å². The molecule has 0 aliphatic carbocycles. The van der Waals surface area contributed by atoms with E-state index in [4.69, 9.17) is 16.3 Å². The van der Waals surface area contributed by atoms with Crippen molar-refractivity contribution in [1.82, 2.24) is 5.32 Å². The van der Waals surface area contributed by atoms with Crippen LogP contribution in [0.4, 0.5) is 0 Å². The molecule has 2 nitrogen and oxygen atoms in total. The van der Waals surface area contributed by atoms with Gasteiger partial charge in [-0.1, -0.05) is 25.4 Å². The number of halogens is 1. The molecule has 1 aromatic heterocycles. The highest BCUT2D eigenvalue weighted by Crippen LogP contribution is 2.38. The summed E-state index contributed by atoms with van der Waals surface area (Å²) in [5, 5.41) is 3.35. The first-order valence-electron chi connectivity index (χ1n) is 5.61. The maximum atomic E-state index is 5.99. The molecule has 0 spiro atoms. The molecule has 1 aromatic rings. The van der Waals surface area contributed by atoms with Crippen LogP contribution in [-0.2, 0) is 4.74 Å². The molecule has 1 atom stereocenters. The second kappa shape index (κ2) is 6.01. The van der Waals surface area contributed by atoms with Crippen LogP contribution in [0.5, 0.6) is 0 Å². The minimum Gasteiger partial charge on any atom is -0.376 e. The number of hydrogen-bond acceptors (Lipinski definition) is 3. The Hall–Kier alpha value is -0.0900. The molecule has 0 bridgehead atoms. The zero-order valence-corrected chi connectivity index (χ0v) is 11.9. The lowest BCUT2D eigenvalue weighted by atomic mass is 9.87. The summed E-state index contributed by atoms with van der Waals surface area (Å²) in [6.07, 6.45) is 1.95. The maximum Gasteiger partial charge on any atom is 0.0931 e. The molecule has 4 heteroatoms. The number of hydrogen-bond donors (Lipinski definition) is 1. The second-order valence-corrected chi connectivity index (χ2v) is 5.59. The van der Waals surface area contributed by atoms with Gasteiger partial charge in [0.25, 0.3) is 0 Å². The molecular weight excluding hydrogens is 242 g/mol. The van der Waals surface area contributed by atoms with E-state index in [1.165, 1.54) is 4.88 Å². The van der Waals surface area contributed by atoms with Gasteiger partial charge in [-0.05, 0) is 32.0 Å². The van der Waals surface area contributed by atoms with Gasteiger partial charge in [-0.25, -0.2) is 0 Å². The van der Waals surface area contributed by atoms with Crippen LogP contribution in [0, 0.1) is 0 Å². The van der Waals surface area contributed by atoms with Gasteiger partial charge in [0.2, 0.25) is 0 Å². The van der Waals surface area contributed by atoms with Crippen LogP contribution >= 0.6 is 22.9 Å². The summed E-state index contributed by atoms with van der Waals surface area (Å²) in [5.41, 5.74) is -0.150. The van der Waals surface area contributed by atoms with E-state index in [9.17, 15) is 0 Å². The normalized spacial score (nSPS) is 14.1. The van der Waals surface area contributed by atoms with Gasteiger partial charge < -0.3 is 10.1 Å². The summed E-state index contributed by atoms with van der Waals surface area (Å²) >= 11 is 7.61. The fraction of sp³-hybridized carbons (Fsp3) is 0.667. The van der Waals surface area contributed by atoms with E-state index in [0.29, 0.717) is 0 Å². The van der Waals surface area contributed by atoms with Crippen LogP contribution in [0.15, 0.2) is 12.1 Å². The quantitative estimate of drug-likeness (QED) is 0.840. The van der Waals surface area contributed by atoms with E-state index in [1.807, 2.05) is 13.1 Å². The van der Waals surface area contributed by atoms with Gasteiger partial charge in [0.15, 0.2) is 0 Å². The first kappa shape index (κ1) is 14.0. The Morgan fingerprint density at radius 1 is 1.44 bits per heavy atom. The van der Waals surface area contributed by atoms with Gasteiger partial charge in [-0.15, -0.1) is 11.3 Å². The van der Waals surface area contributed by atoms with Gasteiger partial charge in [0, 0.05) is 12.0 Å². The fourth-order valence-electron chi connectivity index (χ4n) is 2.21. The molecule has 1 rings (SSSR count). The number of ether oxygens (including phenoxy) is 1. The molecule has 0 radical (unpaired) electrons. The lowest BCUT2D eigenvalue weighted by Crippen LogP contribution is -2.43. The monoisotopic (exact) mass is 261 g/mol. The predicted octanol–water partition coefficient (Wildman–Crippen LogP) is 3.87. The minimum atomic E-state index is -0.150. The topological polar surface area (TPSA) is 21.3 Å². The Balaban J connectivity index is 3.04. The Kier molecular flexibility index (Phi) is 5.25. The van der Waals surface area contributed by atoms with Crippen molar-refractivity contribution >= 4 is 22.9 Å². The van der Waals surface area contributed by atoms with Gasteiger partial charge in [-0.3, -0.25) is 0 Å². The van der Waals surface area contributed by atoms with E-state index in [1.54, 1.807) is 18.4 Å². The highest BCUT2D eigenvalue weighted by Gasteiger charge is 2.36. The first-order valence-corrected chi connectivity index (χ1v) is 6.80. The Bertz CT molecular complexity index is 314. The average Bonchev–Trinajstić information content (AvgIpc) is 2.72. The summed E-state index contributed by atoms with van der Waals surface area (Å²) < 4.78 is 6.58. The largest absolute Gasteiger partial charge is 0.376 e. The molecule has 1 N–H and O–H groups in total. The van der Waals surface area contributed by atoms with Crippen molar-refractivity contribution in [3.63, 3.8) is 0 Å². The lowest BCUT2D eigenvalue weighted by molar-refractivity contribution is -0.0458. The Morgan fingerprint density at radius 3 is 2.38 bits per heavy atom. The molecule has 1 unspecified atom stereocenters. The van der Waals surface area contributed by atoms with E-state index in [0.717, 1.165) is 17.2 Å². The number of methoxy groups -OCH3 is 1. The molecule has 0 amide bonds. The van der Waals surface area contributed by atoms with Gasteiger partial charge in [0.05, 0.1) is 16.0 Å². The molecule has 0 aromatic carbocycles. The van der Waals surface area contributed by atoms with Crippen LogP contribution in [0.25, 0.3) is 0 Å². The highest BCUT2D eigenvalue weighted by atomic mass is 35.5. The molecule has 92 valence electrons. The molecule has 16 heavy (non-hydrogen) atoms. The van der Waals surface area contributed by atoms with Gasteiger partial charge in [-0.2, -0.15) is 0 Å². The molecule has 0 fully saturated rings. The summed E-state index contributed by atoms with van der Waals surface area (Å²) in [6.45, 7) is 4.32. The van der Waals surface area contributed by atoms with Crippen molar-refractivity contribution in [2.24, 2.45) is 0 Å². The fourth-order valence-corrected chi connectivity index (χ4v) is 3.49. The van der Waals surface area contributed by atoms with Crippen molar-refractivity contribution in [2.75, 3.05) is 14.2 Å². The number of nitrogens with one attached hydrogen (secondary N) is 1. The summed E-state index contributed by atoms with van der Waals surface area (Å²) in [7, 11) is 3.75. The van der Waals surface area contributed by atoms with E-state index >= 15 is 0 Å². The highest BCUT2D eigenvalue weighted by molar-refractivity contribution is 7.16. The SMILES string of the molecule is CCC(CC)(OC)C(NC)c1ccc(Cl)s1. The zero-order chi connectivity index (χ0) is 12.2. The molecular formula is C12H20ClNOS. The van der Waals surface area contributed by atoms with Crippen molar-refractivity contribution in [3.05, 3.63) is 21.3 Å². The van der Waals surface area contributed by atoms with Crippen molar-refractivity contribution < 1.29 is 4.74 Å². The van der Waals surface area contributed by atoms with Crippen LogP contribution in [0.1, 0.15) is 37.6 Å². The smallest absolute Gasteiger partial charge is 0.0931 e. The van der Waals surface area contributed by atoms with Gasteiger partial charge >= 0.3 is 0 Å². The van der Waals surface area contributed by atoms with E-state index in [-0.39, 0.29) is 11.6 Å². The second-order valence-electron chi connectivity index (χ2n) is 3.84. The minimum absolute atomic E-state index is 0.150.